The van der Waals surface area contributed by atoms with Gasteiger partial charge in [0.1, 0.15) is 30.6 Å². The molecule has 3 rings (SSSR count). The summed E-state index contributed by atoms with van der Waals surface area (Å²) in [7, 11) is 7.25. The monoisotopic (exact) mass is 386 g/mol. The number of anilines is 1. The first kappa shape index (κ1) is 20.2. The molecule has 1 aliphatic heterocycles. The van der Waals surface area contributed by atoms with Gasteiger partial charge >= 0.3 is 12.1 Å². The molecule has 0 spiro atoms. The van der Waals surface area contributed by atoms with E-state index in [4.69, 9.17) is 17.3 Å². The first-order valence-electron chi connectivity index (χ1n) is 9.14. The Hall–Kier alpha value is -2.58. The third kappa shape index (κ3) is 3.98. The van der Waals surface area contributed by atoms with Crippen molar-refractivity contribution in [2.45, 2.75) is 33.3 Å². The number of fused-ring (bicyclic) bond motifs is 1. The van der Waals surface area contributed by atoms with Gasteiger partial charge in [0.05, 0.1) is 7.11 Å². The van der Waals surface area contributed by atoms with Crippen LogP contribution in [0.2, 0.25) is 0 Å². The van der Waals surface area contributed by atoms with Crippen LogP contribution < -0.4 is 15.1 Å². The summed E-state index contributed by atoms with van der Waals surface area (Å²) in [6.07, 6.45) is -0.341. The number of aromatic nitrogens is 2. The zero-order valence-electron chi connectivity index (χ0n) is 16.9. The maximum Gasteiger partial charge on any atom is 0.410 e. The summed E-state index contributed by atoms with van der Waals surface area (Å²) in [6.45, 7) is 9.25. The summed E-state index contributed by atoms with van der Waals surface area (Å²) in [5.41, 5.74) is 0.264. The molecular weight excluding hydrogens is 362 g/mol. The molecule has 0 atom stereocenters. The van der Waals surface area contributed by atoms with E-state index in [9.17, 15) is 9.18 Å². The summed E-state index contributed by atoms with van der Waals surface area (Å²) in [4.78, 5) is 24.5. The minimum absolute atomic E-state index is 0.0638. The van der Waals surface area contributed by atoms with Crippen LogP contribution in [0, 0.1) is 12.7 Å². The first-order chi connectivity index (χ1) is 13.1. The van der Waals surface area contributed by atoms with Crippen LogP contribution in [0.3, 0.4) is 0 Å². The van der Waals surface area contributed by atoms with E-state index in [0.717, 1.165) is 0 Å². The van der Waals surface area contributed by atoms with Crippen molar-refractivity contribution in [3.8, 4) is 6.01 Å². The highest BCUT2D eigenvalue weighted by atomic mass is 19.1. The molecule has 1 amide bonds. The van der Waals surface area contributed by atoms with Crippen LogP contribution in [0.5, 0.6) is 6.01 Å². The zero-order chi connectivity index (χ0) is 20.6. The van der Waals surface area contributed by atoms with Gasteiger partial charge in [-0.3, -0.25) is 0 Å². The molecule has 2 aromatic rings. The molecule has 1 fully saturated rings. The lowest BCUT2D eigenvalue weighted by molar-refractivity contribution is 0.0240. The van der Waals surface area contributed by atoms with Gasteiger partial charge in [-0.05, 0) is 33.8 Å². The second-order valence-corrected chi connectivity index (χ2v) is 7.81. The number of halogens is 1. The largest absolute Gasteiger partial charge is 0.467 e. The molecule has 0 bridgehead atoms. The first-order valence-corrected chi connectivity index (χ1v) is 9.14. The van der Waals surface area contributed by atoms with Gasteiger partial charge in [-0.25, -0.2) is 9.18 Å². The molecule has 2 radical (unpaired) electrons. The van der Waals surface area contributed by atoms with Gasteiger partial charge in [0.2, 0.25) is 0 Å². The molecule has 1 aromatic carbocycles. The van der Waals surface area contributed by atoms with Gasteiger partial charge in [-0.15, -0.1) is 0 Å². The smallest absolute Gasteiger partial charge is 0.410 e. The quantitative estimate of drug-likeness (QED) is 0.735. The number of carbonyl (C=O) groups is 1. The Bertz CT molecular complexity index is 908. The molecule has 1 aliphatic rings. The van der Waals surface area contributed by atoms with Crippen molar-refractivity contribution < 1.29 is 18.7 Å². The molecule has 2 heterocycles. The fraction of sp³-hybridized carbons (Fsp3) is 0.526. The molecule has 7 nitrogen and oxygen atoms in total. The second-order valence-electron chi connectivity index (χ2n) is 7.81. The standard InChI is InChI=1S/C19H24BFN4O3/c1-11-10-12-15(14(21)13(11)20)22-17(27-5)23-16(12)24-6-8-25(9-7-24)18(26)28-19(2,3)4/h10H,6-9H2,1-5H3. The number of amides is 1. The van der Waals surface area contributed by atoms with E-state index < -0.39 is 11.4 Å². The maximum absolute atomic E-state index is 14.7. The van der Waals surface area contributed by atoms with E-state index in [0.29, 0.717) is 42.9 Å². The molecular formula is C19H24BFN4O3. The lowest BCUT2D eigenvalue weighted by atomic mass is 9.89. The maximum atomic E-state index is 14.7. The molecule has 0 aliphatic carbocycles. The Morgan fingerprint density at radius 3 is 2.43 bits per heavy atom. The molecule has 0 unspecified atom stereocenters. The third-order valence-electron chi connectivity index (χ3n) is 4.55. The van der Waals surface area contributed by atoms with Gasteiger partial charge < -0.3 is 19.3 Å². The van der Waals surface area contributed by atoms with Crippen LogP contribution >= 0.6 is 0 Å². The minimum atomic E-state index is -0.579. The van der Waals surface area contributed by atoms with Crippen molar-refractivity contribution in [3.63, 3.8) is 0 Å². The highest BCUT2D eigenvalue weighted by molar-refractivity contribution is 6.34. The van der Waals surface area contributed by atoms with Crippen LogP contribution in [-0.2, 0) is 4.74 Å². The zero-order valence-corrected chi connectivity index (χ0v) is 16.9. The molecule has 1 aromatic heterocycles. The SMILES string of the molecule is [B]c1c(C)cc2c(N3CCN(C(=O)OC(C)(C)C)CC3)nc(OC)nc2c1F. The van der Waals surface area contributed by atoms with Gasteiger partial charge in [-0.2, -0.15) is 9.97 Å². The second kappa shape index (κ2) is 7.45. The average molecular weight is 386 g/mol. The van der Waals surface area contributed by atoms with Crippen LogP contribution in [0.1, 0.15) is 26.3 Å². The lowest BCUT2D eigenvalue weighted by Gasteiger charge is -2.36. The van der Waals surface area contributed by atoms with E-state index in [1.165, 1.54) is 7.11 Å². The lowest BCUT2D eigenvalue weighted by Crippen LogP contribution is -2.50. The number of hydrogen-bond acceptors (Lipinski definition) is 6. The molecule has 1 saturated heterocycles. The van der Waals surface area contributed by atoms with Crippen LogP contribution in [0.4, 0.5) is 15.0 Å². The van der Waals surface area contributed by atoms with E-state index in [1.807, 2.05) is 25.7 Å². The van der Waals surface area contributed by atoms with E-state index in [1.54, 1.807) is 17.9 Å². The summed E-state index contributed by atoms with van der Waals surface area (Å²) in [6, 6.07) is 1.85. The van der Waals surface area contributed by atoms with Crippen molar-refractivity contribution in [2.75, 3.05) is 38.2 Å². The topological polar surface area (TPSA) is 67.8 Å². The summed E-state index contributed by atoms with van der Waals surface area (Å²) in [5.74, 6) is -0.0166. The normalized spacial score (nSPS) is 15.1. The Labute approximate surface area is 165 Å². The highest BCUT2D eigenvalue weighted by Gasteiger charge is 2.28. The Balaban J connectivity index is 1.89. The summed E-state index contributed by atoms with van der Waals surface area (Å²) < 4.78 is 25.3. The number of benzene rings is 1. The van der Waals surface area contributed by atoms with Gasteiger partial charge in [0.15, 0.2) is 0 Å². The molecule has 28 heavy (non-hydrogen) atoms. The predicted molar refractivity (Wildman–Crippen MR) is 106 cm³/mol. The van der Waals surface area contributed by atoms with Crippen molar-refractivity contribution in [2.24, 2.45) is 0 Å². The molecule has 9 heteroatoms. The predicted octanol–water partition coefficient (Wildman–Crippen LogP) is 1.94. The fourth-order valence-electron chi connectivity index (χ4n) is 3.09. The number of hydrogen-bond donors (Lipinski definition) is 0. The number of rotatable bonds is 2. The van der Waals surface area contributed by atoms with Gasteiger partial charge in [-0.1, -0.05) is 11.0 Å². The Kier molecular flexibility index (Phi) is 5.36. The van der Waals surface area contributed by atoms with Crippen molar-refractivity contribution in [1.29, 1.82) is 0 Å². The fourth-order valence-corrected chi connectivity index (χ4v) is 3.09. The average Bonchev–Trinajstić information content (AvgIpc) is 2.64. The number of methoxy groups -OCH3 is 1. The summed E-state index contributed by atoms with van der Waals surface area (Å²) >= 11 is 0. The highest BCUT2D eigenvalue weighted by Crippen LogP contribution is 2.29. The number of piperazine rings is 1. The number of aryl methyl sites for hydroxylation is 1. The van der Waals surface area contributed by atoms with Crippen molar-refractivity contribution in [3.05, 3.63) is 17.4 Å². The van der Waals surface area contributed by atoms with Crippen LogP contribution in [0.25, 0.3) is 10.9 Å². The third-order valence-corrected chi connectivity index (χ3v) is 4.55. The molecule has 0 saturated carbocycles. The van der Waals surface area contributed by atoms with E-state index in [2.05, 4.69) is 9.97 Å². The van der Waals surface area contributed by atoms with E-state index in [-0.39, 0.29) is 23.1 Å². The van der Waals surface area contributed by atoms with Crippen molar-refractivity contribution >= 4 is 36.1 Å². The minimum Gasteiger partial charge on any atom is -0.467 e. The van der Waals surface area contributed by atoms with Gasteiger partial charge in [0, 0.05) is 31.6 Å². The molecule has 0 N–H and O–H groups in total. The molecule has 148 valence electrons. The Morgan fingerprint density at radius 1 is 1.21 bits per heavy atom. The van der Waals surface area contributed by atoms with Gasteiger partial charge in [0.25, 0.3) is 0 Å². The van der Waals surface area contributed by atoms with E-state index >= 15 is 0 Å². The number of ether oxygens (including phenoxy) is 2. The van der Waals surface area contributed by atoms with Crippen LogP contribution in [-0.4, -0.2) is 67.7 Å². The van der Waals surface area contributed by atoms with Crippen LogP contribution in [0.15, 0.2) is 6.07 Å². The number of carbonyl (C=O) groups excluding carboxylic acids is 1. The Morgan fingerprint density at radius 2 is 1.86 bits per heavy atom. The summed E-state index contributed by atoms with van der Waals surface area (Å²) in [5, 5.41) is 0.565. The number of nitrogens with zero attached hydrogens (tertiary/aromatic N) is 4. The van der Waals surface area contributed by atoms with Crippen molar-refractivity contribution in [1.82, 2.24) is 14.9 Å².